The summed E-state index contributed by atoms with van der Waals surface area (Å²) in [6.45, 7) is 7.45. The number of likely N-dealkylation sites (tertiary alicyclic amines) is 1. The summed E-state index contributed by atoms with van der Waals surface area (Å²) in [7, 11) is 2.27. The van der Waals surface area contributed by atoms with E-state index in [2.05, 4.69) is 22.0 Å². The molecule has 2 saturated heterocycles. The molecule has 0 spiro atoms. The molecule has 0 aromatic rings. The molecule has 3 N–H and O–H groups in total. The summed E-state index contributed by atoms with van der Waals surface area (Å²) in [5.41, 5.74) is 5.52. The van der Waals surface area contributed by atoms with E-state index < -0.39 is 0 Å². The Kier molecular flexibility index (Phi) is 4.36. The molecule has 0 amide bonds. The second-order valence-corrected chi connectivity index (χ2v) is 6.76. The minimum atomic E-state index is -0.230. The number of fused-ring (bicyclic) bond motifs is 2. The third-order valence-electron chi connectivity index (χ3n) is 5.09. The van der Waals surface area contributed by atoms with Gasteiger partial charge < -0.3 is 15.8 Å². The normalized spacial score (nSPS) is 30.6. The Hall–Kier alpha value is -0.810. The van der Waals surface area contributed by atoms with E-state index in [0.717, 1.165) is 25.0 Å². The van der Waals surface area contributed by atoms with Gasteiger partial charge >= 0.3 is 0 Å². The lowest BCUT2D eigenvalue weighted by Gasteiger charge is -2.29. The fourth-order valence-electron chi connectivity index (χ4n) is 3.28. The molecule has 5 heteroatoms. The van der Waals surface area contributed by atoms with E-state index in [1.54, 1.807) is 0 Å². The molecule has 0 aromatic heterocycles. The first-order valence-corrected chi connectivity index (χ1v) is 7.36. The first-order valence-electron chi connectivity index (χ1n) is 7.36. The van der Waals surface area contributed by atoms with E-state index in [9.17, 15) is 0 Å². The van der Waals surface area contributed by atoms with Gasteiger partial charge in [0.25, 0.3) is 0 Å². The third-order valence-corrected chi connectivity index (χ3v) is 5.09. The Bertz CT molecular complexity index is 342. The van der Waals surface area contributed by atoms with Crippen LogP contribution in [0.1, 0.15) is 39.5 Å². The average Bonchev–Trinajstić information content (AvgIpc) is 2.61. The monoisotopic (exact) mass is 268 g/mol. The third kappa shape index (κ3) is 3.20. The van der Waals surface area contributed by atoms with Crippen LogP contribution in [0.15, 0.2) is 5.16 Å². The van der Waals surface area contributed by atoms with Crippen LogP contribution in [-0.4, -0.2) is 59.6 Å². The van der Waals surface area contributed by atoms with Crippen LogP contribution in [0.3, 0.4) is 0 Å². The van der Waals surface area contributed by atoms with Gasteiger partial charge in [0.1, 0.15) is 5.84 Å². The van der Waals surface area contributed by atoms with Gasteiger partial charge in [0, 0.05) is 24.0 Å². The van der Waals surface area contributed by atoms with E-state index in [1.807, 2.05) is 13.8 Å². The largest absolute Gasteiger partial charge is 0.409 e. The molecule has 2 atom stereocenters. The summed E-state index contributed by atoms with van der Waals surface area (Å²) in [5, 5.41) is 12.0. The molecular formula is C14H28N4O. The number of likely N-dealkylation sites (N-methyl/N-ethyl adjacent to an activating group) is 1. The lowest BCUT2D eigenvalue weighted by Crippen LogP contribution is -2.40. The number of oxime groups is 1. The lowest BCUT2D eigenvalue weighted by molar-refractivity contribution is 0.206. The summed E-state index contributed by atoms with van der Waals surface area (Å²) in [5.74, 6) is 0.334. The Morgan fingerprint density at radius 2 is 2.00 bits per heavy atom. The Labute approximate surface area is 116 Å². The molecule has 2 unspecified atom stereocenters. The maximum Gasteiger partial charge on any atom is 0.144 e. The summed E-state index contributed by atoms with van der Waals surface area (Å²) in [4.78, 5) is 5.11. The molecular weight excluding hydrogens is 240 g/mol. The van der Waals surface area contributed by atoms with E-state index in [1.165, 1.54) is 32.4 Å². The van der Waals surface area contributed by atoms with E-state index >= 15 is 0 Å². The van der Waals surface area contributed by atoms with Crippen LogP contribution in [0.5, 0.6) is 0 Å². The van der Waals surface area contributed by atoms with Crippen LogP contribution in [0.25, 0.3) is 0 Å². The SMILES string of the molecule is CN1C2CCC1CN(CCC(C)(C)C(N)=NO)CC2. The number of rotatable bonds is 4. The van der Waals surface area contributed by atoms with Crippen molar-refractivity contribution in [3.05, 3.63) is 0 Å². The van der Waals surface area contributed by atoms with Gasteiger partial charge in [-0.25, -0.2) is 0 Å². The standard InChI is InChI=1S/C14H28N4O/c1-14(2,13(15)16-19)7-9-18-8-6-11-4-5-12(10-18)17(11)3/h11-12,19H,4-10H2,1-3H3,(H2,15,16). The molecule has 2 bridgehead atoms. The van der Waals surface area contributed by atoms with Gasteiger partial charge in [-0.05, 0) is 45.8 Å². The highest BCUT2D eigenvalue weighted by Gasteiger charge is 2.35. The maximum absolute atomic E-state index is 8.82. The highest BCUT2D eigenvalue weighted by atomic mass is 16.4. The topological polar surface area (TPSA) is 65.1 Å². The molecule has 0 aliphatic carbocycles. The molecule has 19 heavy (non-hydrogen) atoms. The van der Waals surface area contributed by atoms with Crippen LogP contribution in [0, 0.1) is 5.41 Å². The zero-order chi connectivity index (χ0) is 14.0. The van der Waals surface area contributed by atoms with Crippen molar-refractivity contribution >= 4 is 5.84 Å². The predicted molar refractivity (Wildman–Crippen MR) is 77.4 cm³/mol. The predicted octanol–water partition coefficient (Wildman–Crippen LogP) is 1.32. The van der Waals surface area contributed by atoms with Crippen molar-refractivity contribution in [1.82, 2.24) is 9.80 Å². The van der Waals surface area contributed by atoms with Crippen molar-refractivity contribution < 1.29 is 5.21 Å². The molecule has 0 aromatic carbocycles. The smallest absolute Gasteiger partial charge is 0.144 e. The highest BCUT2D eigenvalue weighted by Crippen LogP contribution is 2.29. The van der Waals surface area contributed by atoms with Crippen LogP contribution in [0.2, 0.25) is 0 Å². The number of nitrogens with zero attached hydrogens (tertiary/aromatic N) is 3. The first-order chi connectivity index (χ1) is 8.94. The van der Waals surface area contributed by atoms with Crippen molar-refractivity contribution in [2.75, 3.05) is 26.7 Å². The summed E-state index contributed by atoms with van der Waals surface area (Å²) in [6.07, 6.45) is 4.91. The average molecular weight is 268 g/mol. The summed E-state index contributed by atoms with van der Waals surface area (Å²) < 4.78 is 0. The van der Waals surface area contributed by atoms with Gasteiger partial charge in [-0.15, -0.1) is 0 Å². The van der Waals surface area contributed by atoms with Crippen LogP contribution >= 0.6 is 0 Å². The first kappa shape index (κ1) is 14.6. The highest BCUT2D eigenvalue weighted by molar-refractivity contribution is 5.85. The molecule has 2 heterocycles. The number of hydrogen-bond acceptors (Lipinski definition) is 4. The molecule has 110 valence electrons. The Morgan fingerprint density at radius 3 is 2.68 bits per heavy atom. The van der Waals surface area contributed by atoms with Gasteiger partial charge in [0.05, 0.1) is 0 Å². The molecule has 2 aliphatic heterocycles. The Morgan fingerprint density at radius 1 is 1.32 bits per heavy atom. The van der Waals surface area contributed by atoms with Crippen molar-refractivity contribution in [3.8, 4) is 0 Å². The minimum Gasteiger partial charge on any atom is -0.409 e. The fraction of sp³-hybridized carbons (Fsp3) is 0.929. The molecule has 0 radical (unpaired) electrons. The van der Waals surface area contributed by atoms with Gasteiger partial charge in [0.15, 0.2) is 0 Å². The zero-order valence-electron chi connectivity index (χ0n) is 12.5. The number of hydrogen-bond donors (Lipinski definition) is 2. The second-order valence-electron chi connectivity index (χ2n) is 6.76. The molecule has 2 rings (SSSR count). The van der Waals surface area contributed by atoms with Gasteiger partial charge in [-0.3, -0.25) is 4.90 Å². The maximum atomic E-state index is 8.82. The molecule has 2 aliphatic rings. The van der Waals surface area contributed by atoms with Crippen LogP contribution in [-0.2, 0) is 0 Å². The van der Waals surface area contributed by atoms with Crippen LogP contribution < -0.4 is 5.73 Å². The quantitative estimate of drug-likeness (QED) is 0.349. The second kappa shape index (κ2) is 5.67. The van der Waals surface area contributed by atoms with Crippen molar-refractivity contribution in [2.24, 2.45) is 16.3 Å². The number of amidine groups is 1. The van der Waals surface area contributed by atoms with Crippen molar-refractivity contribution in [1.29, 1.82) is 0 Å². The molecule has 0 saturated carbocycles. The Balaban J connectivity index is 1.87. The van der Waals surface area contributed by atoms with Gasteiger partial charge in [-0.2, -0.15) is 0 Å². The molecule has 5 nitrogen and oxygen atoms in total. The van der Waals surface area contributed by atoms with Crippen molar-refractivity contribution in [3.63, 3.8) is 0 Å². The van der Waals surface area contributed by atoms with E-state index in [4.69, 9.17) is 10.9 Å². The number of nitrogens with two attached hydrogens (primary N) is 1. The van der Waals surface area contributed by atoms with Gasteiger partial charge in [-0.1, -0.05) is 19.0 Å². The zero-order valence-corrected chi connectivity index (χ0v) is 12.5. The molecule has 2 fully saturated rings. The van der Waals surface area contributed by atoms with E-state index in [0.29, 0.717) is 5.84 Å². The fourth-order valence-corrected chi connectivity index (χ4v) is 3.28. The van der Waals surface area contributed by atoms with Gasteiger partial charge in [0.2, 0.25) is 0 Å². The summed E-state index contributed by atoms with van der Waals surface area (Å²) in [6, 6.07) is 1.51. The lowest BCUT2D eigenvalue weighted by atomic mass is 9.87. The minimum absolute atomic E-state index is 0.230. The van der Waals surface area contributed by atoms with E-state index in [-0.39, 0.29) is 5.41 Å². The summed E-state index contributed by atoms with van der Waals surface area (Å²) >= 11 is 0. The van der Waals surface area contributed by atoms with Crippen LogP contribution in [0.4, 0.5) is 0 Å². The van der Waals surface area contributed by atoms with Crippen molar-refractivity contribution in [2.45, 2.75) is 51.6 Å².